The zero-order valence-electron chi connectivity index (χ0n) is 11.6. The molecule has 0 bridgehead atoms. The fourth-order valence-electron chi connectivity index (χ4n) is 2.17. The van der Waals surface area contributed by atoms with Crippen LogP contribution in [0.3, 0.4) is 0 Å². The fraction of sp³-hybridized carbons (Fsp3) is 0.118. The van der Waals surface area contributed by atoms with Gasteiger partial charge in [-0.3, -0.25) is 0 Å². The van der Waals surface area contributed by atoms with Crippen LogP contribution in [0.2, 0.25) is 0 Å². The average molecular weight is 281 g/mol. The van der Waals surface area contributed by atoms with Crippen LogP contribution in [0.1, 0.15) is 10.6 Å². The van der Waals surface area contributed by atoms with Crippen LogP contribution in [-0.2, 0) is 7.05 Å². The minimum atomic E-state index is 1.10. The first-order chi connectivity index (χ1) is 9.74. The highest BCUT2D eigenvalue weighted by Crippen LogP contribution is 2.22. The second kappa shape index (κ2) is 5.47. The number of nitrogens with one attached hydrogen (secondary N) is 1. The van der Waals surface area contributed by atoms with E-state index in [-0.39, 0.29) is 0 Å². The summed E-state index contributed by atoms with van der Waals surface area (Å²) in [6.45, 7) is 2.13. The van der Waals surface area contributed by atoms with Crippen LogP contribution in [0.25, 0.3) is 16.3 Å². The molecule has 0 unspecified atom stereocenters. The van der Waals surface area contributed by atoms with Crippen molar-refractivity contribution in [3.8, 4) is 0 Å². The van der Waals surface area contributed by atoms with Gasteiger partial charge in [-0.05, 0) is 30.7 Å². The predicted molar refractivity (Wildman–Crippen MR) is 86.8 cm³/mol. The van der Waals surface area contributed by atoms with Gasteiger partial charge in [0.25, 0.3) is 5.01 Å². The third kappa shape index (κ3) is 2.58. The van der Waals surface area contributed by atoms with Crippen molar-refractivity contribution in [3.05, 3.63) is 65.3 Å². The molecule has 0 atom stereocenters. The normalized spacial score (nSPS) is 11.3. The lowest BCUT2D eigenvalue weighted by molar-refractivity contribution is -0.642. The van der Waals surface area contributed by atoms with Crippen molar-refractivity contribution in [1.82, 2.24) is 0 Å². The van der Waals surface area contributed by atoms with E-state index in [9.17, 15) is 0 Å². The Labute approximate surface area is 123 Å². The van der Waals surface area contributed by atoms with Gasteiger partial charge in [0.2, 0.25) is 5.52 Å². The lowest BCUT2D eigenvalue weighted by Crippen LogP contribution is -2.28. The van der Waals surface area contributed by atoms with Crippen molar-refractivity contribution < 1.29 is 4.57 Å². The zero-order chi connectivity index (χ0) is 13.9. The molecule has 1 N–H and O–H groups in total. The van der Waals surface area contributed by atoms with Crippen LogP contribution in [-0.4, -0.2) is 0 Å². The summed E-state index contributed by atoms with van der Waals surface area (Å²) >= 11 is 1.80. The second-order valence-electron chi connectivity index (χ2n) is 4.81. The van der Waals surface area contributed by atoms with Gasteiger partial charge in [-0.2, -0.15) is 4.57 Å². The van der Waals surface area contributed by atoms with Crippen molar-refractivity contribution >= 4 is 33.3 Å². The van der Waals surface area contributed by atoms with Gasteiger partial charge in [-0.15, -0.1) is 0 Å². The first-order valence-corrected chi connectivity index (χ1v) is 7.43. The molecule has 0 aliphatic carbocycles. The number of nitrogens with zero attached hydrogens (tertiary/aromatic N) is 1. The highest BCUT2D eigenvalue weighted by atomic mass is 32.1. The Hall–Kier alpha value is -2.13. The molecule has 0 radical (unpaired) electrons. The monoisotopic (exact) mass is 281 g/mol. The molecular formula is C17H17N2S+. The van der Waals surface area contributed by atoms with Gasteiger partial charge in [-0.25, -0.2) is 0 Å². The number of hydrogen-bond donors (Lipinski definition) is 1. The molecule has 3 heteroatoms. The quantitative estimate of drug-likeness (QED) is 0.714. The molecule has 20 heavy (non-hydrogen) atoms. The van der Waals surface area contributed by atoms with Gasteiger partial charge in [0.05, 0.1) is 0 Å². The molecule has 0 saturated carbocycles. The van der Waals surface area contributed by atoms with E-state index in [0.29, 0.717) is 0 Å². The van der Waals surface area contributed by atoms with Gasteiger partial charge in [-0.1, -0.05) is 35.6 Å². The molecule has 2 nitrogen and oxygen atoms in total. The number of aryl methyl sites for hydroxylation is 2. The van der Waals surface area contributed by atoms with Gasteiger partial charge in [0, 0.05) is 24.0 Å². The van der Waals surface area contributed by atoms with Crippen LogP contribution in [0.4, 0.5) is 5.69 Å². The zero-order valence-corrected chi connectivity index (χ0v) is 12.4. The summed E-state index contributed by atoms with van der Waals surface area (Å²) in [5.74, 6) is 0. The van der Waals surface area contributed by atoms with Gasteiger partial charge < -0.3 is 5.32 Å². The van der Waals surface area contributed by atoms with Crippen molar-refractivity contribution in [2.45, 2.75) is 6.92 Å². The summed E-state index contributed by atoms with van der Waals surface area (Å²) in [6.07, 6.45) is 4.11. The summed E-state index contributed by atoms with van der Waals surface area (Å²) < 4.78 is 3.55. The average Bonchev–Trinajstić information content (AvgIpc) is 2.77. The minimum absolute atomic E-state index is 1.10. The van der Waals surface area contributed by atoms with E-state index in [4.69, 9.17) is 0 Å². The van der Waals surface area contributed by atoms with Crippen LogP contribution in [0, 0.1) is 6.92 Å². The molecule has 3 aromatic rings. The molecule has 0 saturated heterocycles. The number of aromatic nitrogens is 1. The van der Waals surface area contributed by atoms with E-state index in [0.717, 1.165) is 5.69 Å². The SMILES string of the molecule is Cc1ccc2sc(/C=C/Nc3ccccc3)[n+](C)c2c1. The van der Waals surface area contributed by atoms with Crippen molar-refractivity contribution in [2.24, 2.45) is 7.05 Å². The molecule has 1 aromatic heterocycles. The Balaban J connectivity index is 1.86. The number of fused-ring (bicyclic) bond motifs is 1. The molecule has 2 aromatic carbocycles. The maximum absolute atomic E-state index is 3.29. The largest absolute Gasteiger partial charge is 0.361 e. The molecule has 100 valence electrons. The topological polar surface area (TPSA) is 15.9 Å². The van der Waals surface area contributed by atoms with Crippen LogP contribution >= 0.6 is 11.3 Å². The highest BCUT2D eigenvalue weighted by molar-refractivity contribution is 7.18. The Bertz CT molecular complexity index is 757. The third-order valence-electron chi connectivity index (χ3n) is 3.27. The third-order valence-corrected chi connectivity index (χ3v) is 4.45. The van der Waals surface area contributed by atoms with E-state index in [2.05, 4.69) is 60.3 Å². The number of hydrogen-bond acceptors (Lipinski definition) is 2. The Morgan fingerprint density at radius 2 is 1.90 bits per heavy atom. The highest BCUT2D eigenvalue weighted by Gasteiger charge is 2.14. The lowest BCUT2D eigenvalue weighted by atomic mass is 10.2. The van der Waals surface area contributed by atoms with E-state index in [1.165, 1.54) is 20.8 Å². The van der Waals surface area contributed by atoms with Crippen LogP contribution in [0.15, 0.2) is 54.7 Å². The van der Waals surface area contributed by atoms with Crippen molar-refractivity contribution in [1.29, 1.82) is 0 Å². The summed E-state index contributed by atoms with van der Waals surface area (Å²) in [6, 6.07) is 16.8. The summed E-state index contributed by atoms with van der Waals surface area (Å²) in [5.41, 5.74) is 3.68. The predicted octanol–water partition coefficient (Wildman–Crippen LogP) is 4.12. The van der Waals surface area contributed by atoms with Gasteiger partial charge >= 0.3 is 0 Å². The molecular weight excluding hydrogens is 264 g/mol. The first kappa shape index (κ1) is 12.9. The summed E-state index contributed by atoms with van der Waals surface area (Å²) in [4.78, 5) is 0. The Kier molecular flexibility index (Phi) is 3.52. The summed E-state index contributed by atoms with van der Waals surface area (Å²) in [7, 11) is 2.11. The number of thiazole rings is 1. The van der Waals surface area contributed by atoms with Crippen molar-refractivity contribution in [3.63, 3.8) is 0 Å². The standard InChI is InChI=1S/C17H16N2S/c1-13-8-9-16-15(12-13)19(2)17(20-16)10-11-18-14-6-4-3-5-7-14/h3-12H,1-2H3/p+1. The van der Waals surface area contributed by atoms with Crippen molar-refractivity contribution in [2.75, 3.05) is 5.32 Å². The second-order valence-corrected chi connectivity index (χ2v) is 5.88. The minimum Gasteiger partial charge on any atom is -0.361 e. The first-order valence-electron chi connectivity index (χ1n) is 6.61. The van der Waals surface area contributed by atoms with Gasteiger partial charge in [0.15, 0.2) is 0 Å². The Morgan fingerprint density at radius 1 is 1.10 bits per heavy atom. The molecule has 0 fully saturated rings. The molecule has 0 amide bonds. The molecule has 3 rings (SSSR count). The van der Waals surface area contributed by atoms with E-state index in [1.54, 1.807) is 11.3 Å². The van der Waals surface area contributed by atoms with E-state index >= 15 is 0 Å². The lowest BCUT2D eigenvalue weighted by Gasteiger charge is -1.97. The van der Waals surface area contributed by atoms with Gasteiger partial charge in [0.1, 0.15) is 11.7 Å². The number of anilines is 1. The smallest absolute Gasteiger partial charge is 0.263 e. The number of benzene rings is 2. The van der Waals surface area contributed by atoms with E-state index in [1.807, 2.05) is 24.4 Å². The van der Waals surface area contributed by atoms with Crippen LogP contribution in [0.5, 0.6) is 0 Å². The maximum Gasteiger partial charge on any atom is 0.263 e. The Morgan fingerprint density at radius 3 is 2.70 bits per heavy atom. The van der Waals surface area contributed by atoms with E-state index < -0.39 is 0 Å². The number of rotatable bonds is 3. The fourth-order valence-corrected chi connectivity index (χ4v) is 3.20. The maximum atomic E-state index is 3.29. The number of para-hydroxylation sites is 1. The van der Waals surface area contributed by atoms with Crippen LogP contribution < -0.4 is 9.88 Å². The molecule has 0 spiro atoms. The molecule has 0 aliphatic heterocycles. The summed E-state index contributed by atoms with van der Waals surface area (Å²) in [5, 5.41) is 4.52. The molecule has 0 aliphatic rings. The molecule has 1 heterocycles.